The van der Waals surface area contributed by atoms with Crippen molar-refractivity contribution in [2.45, 2.75) is 6.92 Å². The largest absolute Gasteiger partial charge is 0.387 e. The van der Waals surface area contributed by atoms with E-state index in [9.17, 15) is 4.39 Å². The molecule has 1 aromatic rings. The molecule has 0 heterocycles. The Morgan fingerprint density at radius 3 is 2.69 bits per heavy atom. The molecule has 0 bridgehead atoms. The molecule has 0 aliphatic heterocycles. The fourth-order valence-electron chi connectivity index (χ4n) is 0.810. The van der Waals surface area contributed by atoms with Crippen molar-refractivity contribution in [3.63, 3.8) is 0 Å². The average molecular weight is 266 g/mol. The fourth-order valence-corrected chi connectivity index (χ4v) is 1.24. The van der Waals surface area contributed by atoms with E-state index in [-0.39, 0.29) is 9.50 Å². The zero-order chi connectivity index (χ0) is 10.0. The van der Waals surface area contributed by atoms with Gasteiger partial charge >= 0.3 is 0 Å². The molecule has 13 heavy (non-hydrogen) atoms. The molecule has 70 valence electrons. The van der Waals surface area contributed by atoms with Crippen LogP contribution in [-0.4, -0.2) is 5.84 Å². The number of rotatable bonds is 1. The SMILES string of the molecule is CC(N)=Nc1cc(F)c(Br)c(Cl)c1. The van der Waals surface area contributed by atoms with Crippen LogP contribution in [0.2, 0.25) is 5.02 Å². The maximum atomic E-state index is 13.0. The van der Waals surface area contributed by atoms with Gasteiger partial charge in [-0.3, -0.25) is 0 Å². The minimum Gasteiger partial charge on any atom is -0.387 e. The predicted molar refractivity (Wildman–Crippen MR) is 56.1 cm³/mol. The first-order valence-electron chi connectivity index (χ1n) is 3.46. The first-order chi connectivity index (χ1) is 6.00. The van der Waals surface area contributed by atoms with E-state index in [1.54, 1.807) is 6.92 Å². The summed E-state index contributed by atoms with van der Waals surface area (Å²) in [5.41, 5.74) is 5.74. The van der Waals surface area contributed by atoms with Crippen molar-refractivity contribution in [1.29, 1.82) is 0 Å². The number of halogens is 3. The lowest BCUT2D eigenvalue weighted by Crippen LogP contribution is -2.03. The number of hydrogen-bond donors (Lipinski definition) is 1. The molecule has 0 spiro atoms. The van der Waals surface area contributed by atoms with Gasteiger partial charge in [-0.25, -0.2) is 9.38 Å². The first-order valence-corrected chi connectivity index (χ1v) is 4.63. The monoisotopic (exact) mass is 264 g/mol. The van der Waals surface area contributed by atoms with Crippen LogP contribution in [0.4, 0.5) is 10.1 Å². The lowest BCUT2D eigenvalue weighted by molar-refractivity contribution is 0.621. The summed E-state index contributed by atoms with van der Waals surface area (Å²) >= 11 is 8.70. The molecule has 2 nitrogen and oxygen atoms in total. The molecule has 0 atom stereocenters. The maximum absolute atomic E-state index is 13.0. The second-order valence-electron chi connectivity index (χ2n) is 2.48. The van der Waals surface area contributed by atoms with E-state index in [0.29, 0.717) is 11.5 Å². The van der Waals surface area contributed by atoms with Crippen molar-refractivity contribution in [1.82, 2.24) is 0 Å². The van der Waals surface area contributed by atoms with Gasteiger partial charge in [-0.05, 0) is 28.9 Å². The van der Waals surface area contributed by atoms with Crippen LogP contribution in [0.25, 0.3) is 0 Å². The summed E-state index contributed by atoms with van der Waals surface area (Å²) in [5.74, 6) is -0.0923. The van der Waals surface area contributed by atoms with Crippen LogP contribution in [0.1, 0.15) is 6.92 Å². The van der Waals surface area contributed by atoms with Gasteiger partial charge in [0.2, 0.25) is 0 Å². The van der Waals surface area contributed by atoms with Crippen LogP contribution in [-0.2, 0) is 0 Å². The lowest BCUT2D eigenvalue weighted by Gasteiger charge is -2.00. The summed E-state index contributed by atoms with van der Waals surface area (Å²) in [4.78, 5) is 3.87. The predicted octanol–water partition coefficient (Wildman–Crippen LogP) is 3.25. The highest BCUT2D eigenvalue weighted by Gasteiger charge is 2.05. The second-order valence-corrected chi connectivity index (χ2v) is 3.68. The molecule has 0 aromatic heterocycles. The molecule has 0 fully saturated rings. The summed E-state index contributed by atoms with van der Waals surface area (Å²) in [6, 6.07) is 2.79. The van der Waals surface area contributed by atoms with Crippen molar-refractivity contribution in [2.75, 3.05) is 0 Å². The Morgan fingerprint density at radius 1 is 1.62 bits per heavy atom. The number of hydrogen-bond acceptors (Lipinski definition) is 1. The first kappa shape index (κ1) is 10.5. The van der Waals surface area contributed by atoms with Crippen molar-refractivity contribution >= 4 is 39.1 Å². The molecule has 0 amide bonds. The molecule has 0 saturated carbocycles. The van der Waals surface area contributed by atoms with Gasteiger partial charge in [0.05, 0.1) is 21.0 Å². The maximum Gasteiger partial charge on any atom is 0.141 e. The third kappa shape index (κ3) is 2.67. The minimum absolute atomic E-state index is 0.239. The van der Waals surface area contributed by atoms with Gasteiger partial charge < -0.3 is 5.73 Å². The van der Waals surface area contributed by atoms with Crippen LogP contribution < -0.4 is 5.73 Å². The Morgan fingerprint density at radius 2 is 2.23 bits per heavy atom. The Balaban J connectivity index is 3.21. The number of benzene rings is 1. The van der Waals surface area contributed by atoms with E-state index in [0.717, 1.165) is 0 Å². The number of aliphatic imine (C=N–C) groups is 1. The van der Waals surface area contributed by atoms with E-state index >= 15 is 0 Å². The van der Waals surface area contributed by atoms with Crippen LogP contribution in [0.15, 0.2) is 21.6 Å². The highest BCUT2D eigenvalue weighted by atomic mass is 79.9. The van der Waals surface area contributed by atoms with E-state index in [1.807, 2.05) is 0 Å². The zero-order valence-electron chi connectivity index (χ0n) is 6.81. The highest BCUT2D eigenvalue weighted by Crippen LogP contribution is 2.30. The molecule has 0 aliphatic rings. The summed E-state index contributed by atoms with van der Waals surface area (Å²) in [5, 5.41) is 0.278. The molecule has 1 rings (SSSR count). The lowest BCUT2D eigenvalue weighted by atomic mass is 10.3. The molecule has 5 heteroatoms. The molecule has 0 aliphatic carbocycles. The molecular weight excluding hydrogens is 258 g/mol. The van der Waals surface area contributed by atoms with E-state index in [1.165, 1.54) is 12.1 Å². The number of amidine groups is 1. The van der Waals surface area contributed by atoms with Gasteiger partial charge in [0.25, 0.3) is 0 Å². The Kier molecular flexibility index (Phi) is 3.27. The van der Waals surface area contributed by atoms with Gasteiger partial charge in [-0.15, -0.1) is 0 Å². The van der Waals surface area contributed by atoms with Gasteiger partial charge in [0.1, 0.15) is 5.82 Å². The fraction of sp³-hybridized carbons (Fsp3) is 0.125. The summed E-state index contributed by atoms with van der Waals surface area (Å²) in [7, 11) is 0. The number of nitrogens with two attached hydrogens (primary N) is 1. The molecule has 0 unspecified atom stereocenters. The van der Waals surface area contributed by atoms with Crippen LogP contribution in [0.3, 0.4) is 0 Å². The molecular formula is C8H7BrClFN2. The molecule has 0 saturated heterocycles. The number of nitrogens with zero attached hydrogens (tertiary/aromatic N) is 1. The van der Waals surface area contributed by atoms with E-state index < -0.39 is 5.82 Å². The summed E-state index contributed by atoms with van der Waals surface area (Å²) in [6.07, 6.45) is 0. The van der Waals surface area contributed by atoms with Gasteiger partial charge in [0.15, 0.2) is 0 Å². The minimum atomic E-state index is -0.451. The van der Waals surface area contributed by atoms with E-state index in [2.05, 4.69) is 20.9 Å². The van der Waals surface area contributed by atoms with Crippen molar-refractivity contribution in [3.8, 4) is 0 Å². The van der Waals surface area contributed by atoms with Crippen molar-refractivity contribution < 1.29 is 4.39 Å². The summed E-state index contributed by atoms with van der Waals surface area (Å²) in [6.45, 7) is 1.62. The smallest absolute Gasteiger partial charge is 0.141 e. The quantitative estimate of drug-likeness (QED) is 0.472. The second kappa shape index (κ2) is 4.07. The Bertz CT molecular complexity index is 338. The Hall–Kier alpha value is -0.610. The highest BCUT2D eigenvalue weighted by molar-refractivity contribution is 9.10. The Labute approximate surface area is 88.7 Å². The van der Waals surface area contributed by atoms with Crippen LogP contribution in [0, 0.1) is 5.82 Å². The van der Waals surface area contributed by atoms with Crippen LogP contribution in [0.5, 0.6) is 0 Å². The molecule has 2 N–H and O–H groups in total. The standard InChI is InChI=1S/C8H7BrClFN2/c1-4(12)13-5-2-6(10)8(9)7(11)3-5/h2-3H,1H3,(H2,12,13). The van der Waals surface area contributed by atoms with Gasteiger partial charge in [0, 0.05) is 6.07 Å². The third-order valence-electron chi connectivity index (χ3n) is 1.27. The van der Waals surface area contributed by atoms with Gasteiger partial charge in [-0.2, -0.15) is 0 Å². The average Bonchev–Trinajstić information content (AvgIpc) is 1.98. The van der Waals surface area contributed by atoms with Gasteiger partial charge in [-0.1, -0.05) is 11.6 Å². The third-order valence-corrected chi connectivity index (χ3v) is 2.61. The van der Waals surface area contributed by atoms with Crippen molar-refractivity contribution in [3.05, 3.63) is 27.4 Å². The zero-order valence-corrected chi connectivity index (χ0v) is 9.16. The van der Waals surface area contributed by atoms with Crippen molar-refractivity contribution in [2.24, 2.45) is 10.7 Å². The topological polar surface area (TPSA) is 38.4 Å². The van der Waals surface area contributed by atoms with Crippen LogP contribution >= 0.6 is 27.5 Å². The van der Waals surface area contributed by atoms with E-state index in [4.69, 9.17) is 17.3 Å². The summed E-state index contributed by atoms with van der Waals surface area (Å²) < 4.78 is 13.3. The molecule has 0 radical (unpaired) electrons. The molecule has 1 aromatic carbocycles. The normalized spacial score (nSPS) is 11.8.